The van der Waals surface area contributed by atoms with Crippen molar-refractivity contribution in [3.05, 3.63) is 35.9 Å². The van der Waals surface area contributed by atoms with E-state index in [4.69, 9.17) is 4.74 Å². The molecule has 0 saturated carbocycles. The van der Waals surface area contributed by atoms with Crippen molar-refractivity contribution in [2.75, 3.05) is 0 Å². The van der Waals surface area contributed by atoms with Crippen LogP contribution in [0.1, 0.15) is 18.9 Å². The summed E-state index contributed by atoms with van der Waals surface area (Å²) in [6.45, 7) is 1.91. The van der Waals surface area contributed by atoms with Crippen molar-refractivity contribution >= 4 is 11.8 Å². The van der Waals surface area contributed by atoms with E-state index in [1.165, 1.54) is 0 Å². The number of hydrogen-bond acceptors (Lipinski definition) is 2. The summed E-state index contributed by atoms with van der Waals surface area (Å²) in [7, 11) is 0. The Labute approximate surface area is 82.4 Å². The van der Waals surface area contributed by atoms with Gasteiger partial charge in [-0.2, -0.15) is 4.99 Å². The molecule has 0 N–H and O–H groups in total. The van der Waals surface area contributed by atoms with Crippen LogP contribution in [0.4, 0.5) is 0 Å². The Morgan fingerprint density at radius 2 is 2.07 bits per heavy atom. The summed E-state index contributed by atoms with van der Waals surface area (Å²) in [6, 6.07) is 9.46. The molecule has 72 valence electrons. The molecule has 0 aromatic heterocycles. The Balaban J connectivity index is 2.23. The molecule has 1 heterocycles. The Morgan fingerprint density at radius 1 is 1.36 bits per heavy atom. The zero-order chi connectivity index (χ0) is 9.97. The van der Waals surface area contributed by atoms with Gasteiger partial charge in [-0.05, 0) is 18.6 Å². The van der Waals surface area contributed by atoms with Crippen LogP contribution in [0.3, 0.4) is 0 Å². The van der Waals surface area contributed by atoms with Gasteiger partial charge < -0.3 is 4.74 Å². The van der Waals surface area contributed by atoms with Crippen molar-refractivity contribution < 1.29 is 9.53 Å². The van der Waals surface area contributed by atoms with Crippen LogP contribution in [0, 0.1) is 0 Å². The van der Waals surface area contributed by atoms with Gasteiger partial charge in [0.05, 0.1) is 0 Å². The van der Waals surface area contributed by atoms with Crippen LogP contribution in [0.5, 0.6) is 0 Å². The first-order valence-electron chi connectivity index (χ1n) is 4.66. The summed E-state index contributed by atoms with van der Waals surface area (Å²) in [5.74, 6) is 0.272. The summed E-state index contributed by atoms with van der Waals surface area (Å²) in [6.07, 6.45) is 0.281. The number of amides is 1. The average Bonchev–Trinajstić information content (AvgIpc) is 2.61. The molecule has 14 heavy (non-hydrogen) atoms. The van der Waals surface area contributed by atoms with Crippen molar-refractivity contribution in [2.45, 2.75) is 19.4 Å². The van der Waals surface area contributed by atoms with Gasteiger partial charge >= 0.3 is 0 Å². The normalized spacial score (nSPS) is 20.5. The zero-order valence-electron chi connectivity index (χ0n) is 7.93. The lowest BCUT2D eigenvalue weighted by Gasteiger charge is -2.06. The quantitative estimate of drug-likeness (QED) is 0.711. The maximum absolute atomic E-state index is 11.3. The second-order valence-electron chi connectivity index (χ2n) is 3.14. The highest BCUT2D eigenvalue weighted by atomic mass is 16.5. The topological polar surface area (TPSA) is 38.7 Å². The molecule has 0 radical (unpaired) electrons. The number of benzene rings is 1. The molecule has 1 unspecified atom stereocenters. The molecule has 1 atom stereocenters. The summed E-state index contributed by atoms with van der Waals surface area (Å²) in [4.78, 5) is 15.1. The molecule has 1 aromatic carbocycles. The van der Waals surface area contributed by atoms with Gasteiger partial charge in [0, 0.05) is 5.56 Å². The Morgan fingerprint density at radius 3 is 2.64 bits per heavy atom. The molecular formula is C11H11NO2. The number of hydrogen-bond donors (Lipinski definition) is 0. The minimum atomic E-state index is -0.384. The molecule has 1 aromatic rings. The van der Waals surface area contributed by atoms with E-state index in [-0.39, 0.29) is 12.0 Å². The van der Waals surface area contributed by atoms with Crippen molar-refractivity contribution in [3.8, 4) is 0 Å². The molecule has 1 aliphatic rings. The molecule has 0 saturated heterocycles. The number of carbonyl (C=O) groups is 1. The molecule has 3 nitrogen and oxygen atoms in total. The maximum atomic E-state index is 11.3. The maximum Gasteiger partial charge on any atom is 0.290 e. The fourth-order valence-corrected chi connectivity index (χ4v) is 1.35. The van der Waals surface area contributed by atoms with E-state index in [9.17, 15) is 4.79 Å². The predicted molar refractivity (Wildman–Crippen MR) is 53.2 cm³/mol. The molecule has 3 heteroatoms. The van der Waals surface area contributed by atoms with E-state index in [1.54, 1.807) is 0 Å². The van der Waals surface area contributed by atoms with Crippen LogP contribution < -0.4 is 0 Å². The second kappa shape index (κ2) is 3.62. The van der Waals surface area contributed by atoms with E-state index in [0.29, 0.717) is 12.3 Å². The van der Waals surface area contributed by atoms with Crippen molar-refractivity contribution in [1.29, 1.82) is 0 Å². The highest BCUT2D eigenvalue weighted by Crippen LogP contribution is 2.15. The minimum absolute atomic E-state index is 0.175. The predicted octanol–water partition coefficient (Wildman–Crippen LogP) is 1.77. The molecule has 0 aliphatic carbocycles. The van der Waals surface area contributed by atoms with Gasteiger partial charge in [-0.25, -0.2) is 0 Å². The molecule has 0 fully saturated rings. The Hall–Kier alpha value is -1.64. The average molecular weight is 189 g/mol. The van der Waals surface area contributed by atoms with E-state index in [1.807, 2.05) is 37.3 Å². The van der Waals surface area contributed by atoms with Crippen molar-refractivity contribution in [3.63, 3.8) is 0 Å². The van der Waals surface area contributed by atoms with Crippen LogP contribution in [0.25, 0.3) is 0 Å². The number of rotatable bonds is 2. The van der Waals surface area contributed by atoms with E-state index in [0.717, 1.165) is 5.56 Å². The van der Waals surface area contributed by atoms with Gasteiger partial charge in [-0.3, -0.25) is 4.79 Å². The highest BCUT2D eigenvalue weighted by Gasteiger charge is 2.27. The minimum Gasteiger partial charge on any atom is -0.464 e. The zero-order valence-corrected chi connectivity index (χ0v) is 7.93. The molecule has 0 bridgehead atoms. The van der Waals surface area contributed by atoms with Crippen LogP contribution in [-0.4, -0.2) is 17.9 Å². The van der Waals surface area contributed by atoms with Crippen LogP contribution >= 0.6 is 0 Å². The largest absolute Gasteiger partial charge is 0.464 e. The summed E-state index contributed by atoms with van der Waals surface area (Å²) < 4.78 is 5.41. The van der Waals surface area contributed by atoms with Gasteiger partial charge in [-0.15, -0.1) is 0 Å². The second-order valence-corrected chi connectivity index (χ2v) is 3.14. The third kappa shape index (κ3) is 1.53. The van der Waals surface area contributed by atoms with Crippen LogP contribution in [0.15, 0.2) is 35.3 Å². The summed E-state index contributed by atoms with van der Waals surface area (Å²) >= 11 is 0. The van der Waals surface area contributed by atoms with Gasteiger partial charge in [-0.1, -0.05) is 25.1 Å². The molecule has 1 amide bonds. The van der Waals surface area contributed by atoms with Gasteiger partial charge in [0.15, 0.2) is 6.10 Å². The van der Waals surface area contributed by atoms with Crippen molar-refractivity contribution in [1.82, 2.24) is 0 Å². The van der Waals surface area contributed by atoms with Gasteiger partial charge in [0.2, 0.25) is 5.90 Å². The first-order valence-corrected chi connectivity index (χ1v) is 4.66. The van der Waals surface area contributed by atoms with Crippen LogP contribution in [0.2, 0.25) is 0 Å². The number of ether oxygens (including phenoxy) is 1. The third-order valence-corrected chi connectivity index (χ3v) is 2.13. The Kier molecular flexibility index (Phi) is 2.31. The first-order chi connectivity index (χ1) is 6.81. The van der Waals surface area contributed by atoms with E-state index >= 15 is 0 Å². The molecule has 2 rings (SSSR count). The summed E-state index contributed by atoms with van der Waals surface area (Å²) in [5, 5.41) is 0. The van der Waals surface area contributed by atoms with Gasteiger partial charge in [0.1, 0.15) is 0 Å². The smallest absolute Gasteiger partial charge is 0.290 e. The standard InChI is InChI=1S/C11H11NO2/c1-2-9-10(13)12-11(14-9)8-6-4-3-5-7-8/h3-7,9H,2H2,1H3. The van der Waals surface area contributed by atoms with Gasteiger partial charge in [0.25, 0.3) is 5.91 Å². The SMILES string of the molecule is CCC1OC(c2ccccc2)=NC1=O. The van der Waals surface area contributed by atoms with Crippen molar-refractivity contribution in [2.24, 2.45) is 4.99 Å². The van der Waals surface area contributed by atoms with Crippen LogP contribution in [-0.2, 0) is 9.53 Å². The highest BCUT2D eigenvalue weighted by molar-refractivity contribution is 6.07. The first kappa shape index (κ1) is 8.94. The lowest BCUT2D eigenvalue weighted by molar-refractivity contribution is -0.122. The fourth-order valence-electron chi connectivity index (χ4n) is 1.35. The molecule has 1 aliphatic heterocycles. The summed E-state index contributed by atoms with van der Waals surface area (Å²) in [5.41, 5.74) is 0.858. The van der Waals surface area contributed by atoms with E-state index < -0.39 is 0 Å². The Bertz CT molecular complexity index is 370. The molecular weight excluding hydrogens is 178 g/mol. The lowest BCUT2D eigenvalue weighted by atomic mass is 10.2. The number of nitrogens with zero attached hydrogens (tertiary/aromatic N) is 1. The van der Waals surface area contributed by atoms with E-state index in [2.05, 4.69) is 4.99 Å². The number of aliphatic imine (C=N–C) groups is 1. The fraction of sp³-hybridized carbons (Fsp3) is 0.273. The monoisotopic (exact) mass is 189 g/mol. The number of carbonyl (C=O) groups excluding carboxylic acids is 1. The third-order valence-electron chi connectivity index (χ3n) is 2.13. The molecule has 0 spiro atoms. The lowest BCUT2D eigenvalue weighted by Crippen LogP contribution is -2.16.